The van der Waals surface area contributed by atoms with Crippen molar-refractivity contribution in [1.82, 2.24) is 44.3 Å². The first kappa shape index (κ1) is 18.2. The van der Waals surface area contributed by atoms with Gasteiger partial charge in [-0.25, -0.2) is 24.0 Å². The minimum atomic E-state index is -0.0975. The average molecular weight is 404 g/mol. The van der Waals surface area contributed by atoms with E-state index in [1.807, 2.05) is 12.3 Å². The van der Waals surface area contributed by atoms with Crippen LogP contribution in [-0.2, 0) is 6.54 Å². The Kier molecular flexibility index (Phi) is 4.75. The van der Waals surface area contributed by atoms with Crippen LogP contribution in [0.1, 0.15) is 12.8 Å². The monoisotopic (exact) mass is 404 g/mol. The molecule has 152 valence electrons. The van der Waals surface area contributed by atoms with Crippen LogP contribution >= 0.6 is 0 Å². The molecule has 0 radical (unpaired) electrons. The van der Waals surface area contributed by atoms with Crippen LogP contribution in [0.2, 0.25) is 0 Å². The molecule has 4 aromatic rings. The fourth-order valence-corrected chi connectivity index (χ4v) is 3.62. The van der Waals surface area contributed by atoms with Crippen molar-refractivity contribution >= 4 is 5.82 Å². The molecule has 1 fully saturated rings. The zero-order valence-electron chi connectivity index (χ0n) is 16.2. The van der Waals surface area contributed by atoms with Crippen molar-refractivity contribution in [3.63, 3.8) is 0 Å². The van der Waals surface area contributed by atoms with Gasteiger partial charge in [0.1, 0.15) is 18.5 Å². The van der Waals surface area contributed by atoms with Crippen LogP contribution in [0.4, 0.5) is 5.82 Å². The Labute approximate surface area is 171 Å². The molecule has 0 aliphatic carbocycles. The van der Waals surface area contributed by atoms with Gasteiger partial charge in [-0.05, 0) is 30.9 Å². The predicted octanol–water partition coefficient (Wildman–Crippen LogP) is 0.716. The van der Waals surface area contributed by atoms with E-state index < -0.39 is 0 Å². The summed E-state index contributed by atoms with van der Waals surface area (Å²) in [6, 6.07) is 5.06. The summed E-state index contributed by atoms with van der Waals surface area (Å²) in [6.45, 7) is 2.27. The van der Waals surface area contributed by atoms with E-state index in [0.29, 0.717) is 24.1 Å². The first-order valence-electron chi connectivity index (χ1n) is 9.76. The number of aromatic nitrogens is 9. The molecule has 0 unspecified atom stereocenters. The molecule has 5 heterocycles. The maximum Gasteiger partial charge on any atom is 0.266 e. The second kappa shape index (κ2) is 7.85. The molecule has 11 nitrogen and oxygen atoms in total. The minimum Gasteiger partial charge on any atom is -0.355 e. The van der Waals surface area contributed by atoms with Crippen LogP contribution in [0, 0.1) is 5.92 Å². The smallest absolute Gasteiger partial charge is 0.266 e. The number of hydrogen-bond acceptors (Lipinski definition) is 8. The summed E-state index contributed by atoms with van der Waals surface area (Å²) in [6.07, 6.45) is 11.9. The molecule has 0 amide bonds. The van der Waals surface area contributed by atoms with E-state index >= 15 is 0 Å². The van der Waals surface area contributed by atoms with Crippen LogP contribution in [-0.4, -0.2) is 57.4 Å². The summed E-state index contributed by atoms with van der Waals surface area (Å²) in [7, 11) is 0. The summed E-state index contributed by atoms with van der Waals surface area (Å²) < 4.78 is 4.79. The van der Waals surface area contributed by atoms with Crippen molar-refractivity contribution < 1.29 is 0 Å². The van der Waals surface area contributed by atoms with Crippen LogP contribution in [0.15, 0.2) is 60.4 Å². The average Bonchev–Trinajstić information content (AvgIpc) is 3.51. The molecular formula is C19H20N10O. The molecule has 30 heavy (non-hydrogen) atoms. The van der Waals surface area contributed by atoms with Crippen LogP contribution in [0.3, 0.4) is 0 Å². The van der Waals surface area contributed by atoms with E-state index in [9.17, 15) is 4.79 Å². The van der Waals surface area contributed by atoms with Crippen molar-refractivity contribution in [2.24, 2.45) is 5.92 Å². The van der Waals surface area contributed by atoms with Gasteiger partial charge in [0.25, 0.3) is 5.56 Å². The van der Waals surface area contributed by atoms with Gasteiger partial charge in [-0.3, -0.25) is 9.78 Å². The number of anilines is 1. The lowest BCUT2D eigenvalue weighted by Gasteiger charge is -2.32. The Bertz CT molecular complexity index is 1160. The van der Waals surface area contributed by atoms with Crippen LogP contribution in [0.5, 0.6) is 0 Å². The number of piperidine rings is 1. The molecule has 0 spiro atoms. The highest BCUT2D eigenvalue weighted by Gasteiger charge is 2.22. The third kappa shape index (κ3) is 3.69. The zero-order valence-corrected chi connectivity index (χ0v) is 16.2. The van der Waals surface area contributed by atoms with Gasteiger partial charge in [0.05, 0.1) is 12.4 Å². The van der Waals surface area contributed by atoms with Gasteiger partial charge in [-0.15, -0.1) is 5.10 Å². The predicted molar refractivity (Wildman–Crippen MR) is 108 cm³/mol. The molecule has 11 heteroatoms. The Morgan fingerprint density at radius 3 is 2.60 bits per heavy atom. The summed E-state index contributed by atoms with van der Waals surface area (Å²) in [5, 5.41) is 12.8. The van der Waals surface area contributed by atoms with Gasteiger partial charge < -0.3 is 4.90 Å². The summed E-state index contributed by atoms with van der Waals surface area (Å²) in [5.41, 5.74) is -0.0975. The number of hydrogen-bond donors (Lipinski definition) is 0. The number of nitrogens with zero attached hydrogens (tertiary/aromatic N) is 10. The molecule has 1 aliphatic heterocycles. The van der Waals surface area contributed by atoms with E-state index in [4.69, 9.17) is 0 Å². The van der Waals surface area contributed by atoms with Gasteiger partial charge in [-0.1, -0.05) is 0 Å². The van der Waals surface area contributed by atoms with E-state index in [1.165, 1.54) is 6.33 Å². The molecule has 5 rings (SSSR count). The molecule has 0 aromatic carbocycles. The molecule has 1 aliphatic rings. The molecular weight excluding hydrogens is 384 g/mol. The Morgan fingerprint density at radius 2 is 1.83 bits per heavy atom. The van der Waals surface area contributed by atoms with E-state index in [0.717, 1.165) is 31.7 Å². The quantitative estimate of drug-likeness (QED) is 0.478. The third-order valence-electron chi connectivity index (χ3n) is 5.22. The Hall–Kier alpha value is -3.89. The van der Waals surface area contributed by atoms with Gasteiger partial charge in [0.2, 0.25) is 0 Å². The SMILES string of the molecule is O=c1ccc(-n2cccn2)nn1CC1CCN(c2cncc(-n3cncn3)n2)CC1. The normalized spacial score (nSPS) is 14.9. The second-order valence-electron chi connectivity index (χ2n) is 7.17. The van der Waals surface area contributed by atoms with E-state index in [2.05, 4.69) is 35.1 Å². The van der Waals surface area contributed by atoms with Crippen molar-refractivity contribution in [2.45, 2.75) is 19.4 Å². The second-order valence-corrected chi connectivity index (χ2v) is 7.17. The first-order valence-corrected chi connectivity index (χ1v) is 9.76. The van der Waals surface area contributed by atoms with E-state index in [1.54, 1.807) is 51.1 Å². The topological polar surface area (TPSA) is 112 Å². The summed E-state index contributed by atoms with van der Waals surface area (Å²) in [5.74, 6) is 2.46. The van der Waals surface area contributed by atoms with Crippen LogP contribution in [0.25, 0.3) is 11.6 Å². The maximum absolute atomic E-state index is 12.3. The van der Waals surface area contributed by atoms with Crippen molar-refractivity contribution in [3.8, 4) is 11.6 Å². The largest absolute Gasteiger partial charge is 0.355 e. The molecule has 4 aromatic heterocycles. The van der Waals surface area contributed by atoms with Gasteiger partial charge in [0.15, 0.2) is 11.6 Å². The molecule has 0 bridgehead atoms. The van der Waals surface area contributed by atoms with Crippen molar-refractivity contribution in [1.29, 1.82) is 0 Å². The van der Waals surface area contributed by atoms with Crippen LogP contribution < -0.4 is 10.5 Å². The minimum absolute atomic E-state index is 0.0975. The van der Waals surface area contributed by atoms with Gasteiger partial charge >= 0.3 is 0 Å². The fraction of sp³-hybridized carbons (Fsp3) is 0.316. The lowest BCUT2D eigenvalue weighted by atomic mass is 9.97. The molecule has 0 atom stereocenters. The van der Waals surface area contributed by atoms with Crippen molar-refractivity contribution in [3.05, 3.63) is 66.0 Å². The highest BCUT2D eigenvalue weighted by molar-refractivity contribution is 5.39. The third-order valence-corrected chi connectivity index (χ3v) is 5.22. The lowest BCUT2D eigenvalue weighted by molar-refractivity contribution is 0.333. The van der Waals surface area contributed by atoms with Gasteiger partial charge in [0, 0.05) is 38.1 Å². The fourth-order valence-electron chi connectivity index (χ4n) is 3.62. The number of rotatable bonds is 5. The Morgan fingerprint density at radius 1 is 0.967 bits per heavy atom. The molecule has 0 saturated carbocycles. The Balaban J connectivity index is 1.25. The van der Waals surface area contributed by atoms with E-state index in [-0.39, 0.29) is 5.56 Å². The van der Waals surface area contributed by atoms with Gasteiger partial charge in [-0.2, -0.15) is 10.2 Å². The lowest BCUT2D eigenvalue weighted by Crippen LogP contribution is -2.37. The molecule has 0 N–H and O–H groups in total. The summed E-state index contributed by atoms with van der Waals surface area (Å²) >= 11 is 0. The first-order chi connectivity index (χ1) is 14.8. The zero-order chi connectivity index (χ0) is 20.3. The highest BCUT2D eigenvalue weighted by Crippen LogP contribution is 2.22. The molecule has 1 saturated heterocycles. The van der Waals surface area contributed by atoms with Crippen molar-refractivity contribution in [2.75, 3.05) is 18.0 Å². The summed E-state index contributed by atoms with van der Waals surface area (Å²) in [4.78, 5) is 27.4. The maximum atomic E-state index is 12.3. The highest BCUT2D eigenvalue weighted by atomic mass is 16.1. The standard InChI is InChI=1S/C19H20N10O/c30-19-3-2-16(27-7-1-6-22-27)25-28(19)12-15-4-8-26(9-5-15)17-10-20-11-18(24-17)29-14-21-13-23-29/h1-3,6-7,10-11,13-15H,4-5,8-9,12H2.